The standard InChI is InChI=1S/C15H20FN3O2/c1-10(18-14(20)21-15(2,3)4)13(9-17)19-12-7-5-11(16)6-8-12/h5-8,10,13,19H,1-4H3,(H,18,20). The zero-order valence-electron chi connectivity index (χ0n) is 12.6. The molecule has 0 radical (unpaired) electrons. The summed E-state index contributed by atoms with van der Waals surface area (Å²) in [4.78, 5) is 11.7. The van der Waals surface area contributed by atoms with Crippen LogP contribution in [0.3, 0.4) is 0 Å². The molecule has 2 unspecified atom stereocenters. The van der Waals surface area contributed by atoms with Crippen molar-refractivity contribution in [2.75, 3.05) is 5.32 Å². The van der Waals surface area contributed by atoms with Gasteiger partial charge in [0.1, 0.15) is 17.5 Å². The van der Waals surface area contributed by atoms with E-state index in [1.165, 1.54) is 24.3 Å². The van der Waals surface area contributed by atoms with Crippen molar-refractivity contribution in [2.24, 2.45) is 0 Å². The number of anilines is 1. The van der Waals surface area contributed by atoms with E-state index in [-0.39, 0.29) is 5.82 Å². The Bertz CT molecular complexity index is 517. The van der Waals surface area contributed by atoms with Crippen LogP contribution in [0, 0.1) is 17.1 Å². The van der Waals surface area contributed by atoms with Crippen LogP contribution in [0.25, 0.3) is 0 Å². The summed E-state index contributed by atoms with van der Waals surface area (Å²) in [5.41, 5.74) is -0.00291. The van der Waals surface area contributed by atoms with E-state index >= 15 is 0 Å². The maximum atomic E-state index is 12.8. The minimum atomic E-state index is -0.664. The van der Waals surface area contributed by atoms with Gasteiger partial charge in [-0.25, -0.2) is 9.18 Å². The van der Waals surface area contributed by atoms with Gasteiger partial charge in [0.25, 0.3) is 0 Å². The second-order valence-corrected chi connectivity index (χ2v) is 5.69. The van der Waals surface area contributed by atoms with E-state index in [0.717, 1.165) is 0 Å². The molecule has 1 aromatic rings. The molecule has 1 aromatic carbocycles. The van der Waals surface area contributed by atoms with Crippen LogP contribution in [0.2, 0.25) is 0 Å². The number of ether oxygens (including phenoxy) is 1. The lowest BCUT2D eigenvalue weighted by atomic mass is 10.1. The van der Waals surface area contributed by atoms with Crippen LogP contribution < -0.4 is 10.6 Å². The first-order chi connectivity index (χ1) is 9.71. The van der Waals surface area contributed by atoms with Gasteiger partial charge in [0.2, 0.25) is 0 Å². The molecule has 0 heterocycles. The van der Waals surface area contributed by atoms with Crippen molar-refractivity contribution in [3.63, 3.8) is 0 Å². The molecule has 6 heteroatoms. The summed E-state index contributed by atoms with van der Waals surface area (Å²) >= 11 is 0. The van der Waals surface area contributed by atoms with Crippen molar-refractivity contribution in [1.29, 1.82) is 5.26 Å². The molecular weight excluding hydrogens is 273 g/mol. The molecule has 114 valence electrons. The van der Waals surface area contributed by atoms with E-state index in [1.807, 2.05) is 0 Å². The smallest absolute Gasteiger partial charge is 0.407 e. The Kier molecular flexibility index (Phi) is 5.53. The number of nitrogens with zero attached hydrogens (tertiary/aromatic N) is 1. The normalized spacial score (nSPS) is 13.7. The summed E-state index contributed by atoms with van der Waals surface area (Å²) in [5.74, 6) is -0.353. The van der Waals surface area contributed by atoms with Crippen LogP contribution in [-0.4, -0.2) is 23.8 Å². The van der Waals surface area contributed by atoms with Crippen molar-refractivity contribution in [3.8, 4) is 6.07 Å². The molecule has 21 heavy (non-hydrogen) atoms. The van der Waals surface area contributed by atoms with Gasteiger partial charge in [-0.15, -0.1) is 0 Å². The molecule has 0 aromatic heterocycles. The SMILES string of the molecule is CC(NC(=O)OC(C)(C)C)C(C#N)Nc1ccc(F)cc1. The highest BCUT2D eigenvalue weighted by Crippen LogP contribution is 2.12. The number of halogens is 1. The molecule has 0 fully saturated rings. The Morgan fingerprint density at radius 3 is 2.38 bits per heavy atom. The highest BCUT2D eigenvalue weighted by atomic mass is 19.1. The second-order valence-electron chi connectivity index (χ2n) is 5.69. The van der Waals surface area contributed by atoms with Gasteiger partial charge >= 0.3 is 6.09 Å². The van der Waals surface area contributed by atoms with Gasteiger partial charge < -0.3 is 15.4 Å². The number of amides is 1. The summed E-state index contributed by atoms with van der Waals surface area (Å²) in [6.07, 6.45) is -0.587. The van der Waals surface area contributed by atoms with Gasteiger partial charge in [-0.1, -0.05) is 0 Å². The summed E-state index contributed by atoms with van der Waals surface area (Å²) in [6, 6.07) is 6.56. The first kappa shape index (κ1) is 16.8. The molecule has 0 saturated heterocycles. The van der Waals surface area contributed by atoms with E-state index in [2.05, 4.69) is 16.7 Å². The van der Waals surface area contributed by atoms with Crippen LogP contribution in [-0.2, 0) is 4.74 Å². The topological polar surface area (TPSA) is 74.1 Å². The van der Waals surface area contributed by atoms with Crippen LogP contribution in [0.4, 0.5) is 14.9 Å². The molecular formula is C15H20FN3O2. The number of carbonyl (C=O) groups excluding carboxylic acids is 1. The lowest BCUT2D eigenvalue weighted by molar-refractivity contribution is 0.0507. The van der Waals surface area contributed by atoms with Gasteiger partial charge in [0, 0.05) is 5.69 Å². The molecule has 0 bridgehead atoms. The molecule has 0 saturated carbocycles. The highest BCUT2D eigenvalue weighted by molar-refractivity contribution is 5.68. The van der Waals surface area contributed by atoms with Crippen LogP contribution in [0.5, 0.6) is 0 Å². The fraction of sp³-hybridized carbons (Fsp3) is 0.467. The third kappa shape index (κ3) is 6.13. The number of rotatable bonds is 4. The van der Waals surface area contributed by atoms with Gasteiger partial charge in [-0.2, -0.15) is 5.26 Å². The van der Waals surface area contributed by atoms with E-state index in [1.54, 1.807) is 27.7 Å². The lowest BCUT2D eigenvalue weighted by Gasteiger charge is -2.24. The third-order valence-electron chi connectivity index (χ3n) is 2.55. The maximum Gasteiger partial charge on any atom is 0.407 e. The Labute approximate surface area is 124 Å². The van der Waals surface area contributed by atoms with Crippen molar-refractivity contribution >= 4 is 11.8 Å². The average molecular weight is 293 g/mol. The zero-order valence-corrected chi connectivity index (χ0v) is 12.6. The Hall–Kier alpha value is -2.29. The highest BCUT2D eigenvalue weighted by Gasteiger charge is 2.22. The minimum Gasteiger partial charge on any atom is -0.444 e. The molecule has 2 atom stereocenters. The number of carbonyl (C=O) groups is 1. The number of benzene rings is 1. The number of hydrogen-bond donors (Lipinski definition) is 2. The minimum absolute atomic E-state index is 0.353. The first-order valence-corrected chi connectivity index (χ1v) is 6.62. The molecule has 2 N–H and O–H groups in total. The van der Waals surface area contributed by atoms with Crippen LogP contribution in [0.1, 0.15) is 27.7 Å². The molecule has 0 aliphatic carbocycles. The largest absolute Gasteiger partial charge is 0.444 e. The monoisotopic (exact) mass is 293 g/mol. The van der Waals surface area contributed by atoms with Crippen LogP contribution in [0.15, 0.2) is 24.3 Å². The van der Waals surface area contributed by atoms with Gasteiger partial charge in [-0.05, 0) is 52.0 Å². The molecule has 0 aliphatic heterocycles. The number of alkyl carbamates (subject to hydrolysis) is 1. The fourth-order valence-electron chi connectivity index (χ4n) is 1.57. The predicted molar refractivity (Wildman–Crippen MR) is 78.3 cm³/mol. The van der Waals surface area contributed by atoms with Crippen molar-refractivity contribution in [3.05, 3.63) is 30.1 Å². The van der Waals surface area contributed by atoms with Gasteiger partial charge in [0.05, 0.1) is 12.1 Å². The maximum absolute atomic E-state index is 12.8. The average Bonchev–Trinajstić information content (AvgIpc) is 2.35. The van der Waals surface area contributed by atoms with Gasteiger partial charge in [0.15, 0.2) is 0 Å². The summed E-state index contributed by atoms with van der Waals surface area (Å²) in [6.45, 7) is 6.97. The predicted octanol–water partition coefficient (Wildman–Crippen LogP) is 3.04. The Balaban J connectivity index is 2.61. The second kappa shape index (κ2) is 6.93. The summed E-state index contributed by atoms with van der Waals surface area (Å²) < 4.78 is 18.0. The quantitative estimate of drug-likeness (QED) is 0.894. The van der Waals surface area contributed by atoms with E-state index in [0.29, 0.717) is 5.69 Å². The van der Waals surface area contributed by atoms with Crippen molar-refractivity contribution < 1.29 is 13.9 Å². The fourth-order valence-corrected chi connectivity index (χ4v) is 1.57. The lowest BCUT2D eigenvalue weighted by Crippen LogP contribution is -2.46. The molecule has 5 nitrogen and oxygen atoms in total. The van der Waals surface area contributed by atoms with E-state index in [4.69, 9.17) is 4.74 Å². The van der Waals surface area contributed by atoms with Gasteiger partial charge in [-0.3, -0.25) is 0 Å². The van der Waals surface area contributed by atoms with Crippen molar-refractivity contribution in [2.45, 2.75) is 45.4 Å². The van der Waals surface area contributed by atoms with Crippen LogP contribution >= 0.6 is 0 Å². The zero-order chi connectivity index (χ0) is 16.0. The number of nitrogens with one attached hydrogen (secondary N) is 2. The Morgan fingerprint density at radius 1 is 1.33 bits per heavy atom. The first-order valence-electron chi connectivity index (χ1n) is 6.62. The summed E-state index contributed by atoms with van der Waals surface area (Å²) in [7, 11) is 0. The number of hydrogen-bond acceptors (Lipinski definition) is 4. The summed E-state index contributed by atoms with van der Waals surface area (Å²) in [5, 5.41) is 14.7. The number of nitriles is 1. The Morgan fingerprint density at radius 2 is 1.90 bits per heavy atom. The third-order valence-corrected chi connectivity index (χ3v) is 2.55. The molecule has 1 rings (SSSR count). The molecule has 1 amide bonds. The molecule has 0 spiro atoms. The van der Waals surface area contributed by atoms with Crippen molar-refractivity contribution in [1.82, 2.24) is 5.32 Å². The van der Waals surface area contributed by atoms with E-state index in [9.17, 15) is 14.4 Å². The van der Waals surface area contributed by atoms with E-state index < -0.39 is 23.8 Å². The molecule has 0 aliphatic rings.